The van der Waals surface area contributed by atoms with Gasteiger partial charge in [0.05, 0.1) is 4.90 Å². The molecule has 21 heavy (non-hydrogen) atoms. The van der Waals surface area contributed by atoms with Crippen molar-refractivity contribution in [2.75, 3.05) is 7.05 Å². The van der Waals surface area contributed by atoms with Crippen molar-refractivity contribution in [2.24, 2.45) is 7.05 Å². The first-order valence-electron chi connectivity index (χ1n) is 5.90. The fourth-order valence-corrected chi connectivity index (χ4v) is 2.47. The highest BCUT2D eigenvalue weighted by molar-refractivity contribution is 7.99. The largest absolute Gasteiger partial charge is 0.339 e. The summed E-state index contributed by atoms with van der Waals surface area (Å²) in [5, 5.41) is 4.99. The Morgan fingerprint density at radius 3 is 2.52 bits per heavy atom. The molecule has 9 heteroatoms. The van der Waals surface area contributed by atoms with Crippen molar-refractivity contribution in [1.29, 1.82) is 0 Å². The molecule has 2 aromatic rings. The molecule has 6 nitrogen and oxygen atoms in total. The molecule has 0 saturated carbocycles. The number of aromatic nitrogens is 3. The van der Waals surface area contributed by atoms with Gasteiger partial charge >= 0.3 is 11.1 Å². The van der Waals surface area contributed by atoms with Gasteiger partial charge in [-0.3, -0.25) is 19.4 Å². The number of benzene rings is 1. The summed E-state index contributed by atoms with van der Waals surface area (Å²) in [6.45, 7) is 0.328. The normalized spacial score (nSPS) is 10.9. The lowest BCUT2D eigenvalue weighted by atomic mass is 10.2. The third-order valence-corrected chi connectivity index (χ3v) is 3.72. The molecule has 0 aliphatic heterocycles. The van der Waals surface area contributed by atoms with Crippen LogP contribution in [0.5, 0.6) is 0 Å². The van der Waals surface area contributed by atoms with Crippen LogP contribution < -0.4 is 16.4 Å². The first kappa shape index (κ1) is 15.4. The van der Waals surface area contributed by atoms with Crippen molar-refractivity contribution in [3.05, 3.63) is 50.0 Å². The molecule has 0 aliphatic rings. The molecule has 1 heterocycles. The van der Waals surface area contributed by atoms with Crippen molar-refractivity contribution in [2.45, 2.75) is 16.6 Å². The molecule has 0 spiro atoms. The van der Waals surface area contributed by atoms with E-state index in [1.54, 1.807) is 7.05 Å². The van der Waals surface area contributed by atoms with Crippen LogP contribution in [0.15, 0.2) is 31.8 Å². The second-order valence-corrected chi connectivity index (χ2v) is 5.20. The Kier molecular flexibility index (Phi) is 4.53. The number of aryl methyl sites for hydroxylation is 1. The van der Waals surface area contributed by atoms with E-state index in [4.69, 9.17) is 0 Å². The summed E-state index contributed by atoms with van der Waals surface area (Å²) in [4.78, 5) is 25.5. The highest BCUT2D eigenvalue weighted by Gasteiger charge is 2.15. The maximum absolute atomic E-state index is 14.0. The summed E-state index contributed by atoms with van der Waals surface area (Å²) < 4.78 is 29.0. The van der Waals surface area contributed by atoms with Crippen molar-refractivity contribution in [3.8, 4) is 0 Å². The van der Waals surface area contributed by atoms with Crippen LogP contribution in [-0.2, 0) is 13.6 Å². The summed E-state index contributed by atoms with van der Waals surface area (Å²) in [7, 11) is 3.08. The van der Waals surface area contributed by atoms with Crippen LogP contribution in [0.3, 0.4) is 0 Å². The second-order valence-electron chi connectivity index (χ2n) is 4.22. The predicted molar refractivity (Wildman–Crippen MR) is 73.3 cm³/mol. The molecule has 0 saturated heterocycles. The number of aromatic amines is 1. The molecular formula is C12H12F2N4O2S. The smallest absolute Gasteiger partial charge is 0.316 e. The molecule has 1 aromatic carbocycles. The number of H-pyrrole nitrogens is 1. The first-order chi connectivity index (χ1) is 9.92. The number of nitrogens with zero attached hydrogens (tertiary/aromatic N) is 2. The number of nitrogens with one attached hydrogen (secondary N) is 2. The fourth-order valence-electron chi connectivity index (χ4n) is 1.66. The minimum absolute atomic E-state index is 0.0150. The Labute approximate surface area is 122 Å². The van der Waals surface area contributed by atoms with Gasteiger partial charge in [-0.15, -0.1) is 0 Å². The molecule has 0 bridgehead atoms. The Morgan fingerprint density at radius 1 is 1.33 bits per heavy atom. The number of rotatable bonds is 4. The average molecular weight is 314 g/mol. The van der Waals surface area contributed by atoms with Gasteiger partial charge in [0.2, 0.25) is 0 Å². The maximum Gasteiger partial charge on any atom is 0.339 e. The van der Waals surface area contributed by atoms with Crippen LogP contribution in [0.25, 0.3) is 0 Å². The molecule has 0 fully saturated rings. The van der Waals surface area contributed by atoms with Gasteiger partial charge in [0.25, 0.3) is 0 Å². The van der Waals surface area contributed by atoms with Gasteiger partial charge in [0, 0.05) is 13.6 Å². The van der Waals surface area contributed by atoms with Crippen LogP contribution in [0, 0.1) is 11.6 Å². The lowest BCUT2D eigenvalue weighted by Gasteiger charge is -2.09. The third kappa shape index (κ3) is 3.37. The SMILES string of the molecule is CNCc1cc(F)c(Sc2nc(=O)c(=O)[nH]n2C)c(F)c1. The van der Waals surface area contributed by atoms with Crippen LogP contribution in [-0.4, -0.2) is 21.8 Å². The number of hydrogen-bond donors (Lipinski definition) is 2. The molecule has 0 aliphatic carbocycles. The summed E-state index contributed by atoms with van der Waals surface area (Å²) >= 11 is 0.628. The van der Waals surface area contributed by atoms with Crippen LogP contribution in [0.1, 0.15) is 5.56 Å². The minimum Gasteiger partial charge on any atom is -0.316 e. The monoisotopic (exact) mass is 314 g/mol. The quantitative estimate of drug-likeness (QED) is 0.809. The molecule has 0 amide bonds. The van der Waals surface area contributed by atoms with Gasteiger partial charge in [-0.05, 0) is 36.5 Å². The second kappa shape index (κ2) is 6.19. The topological polar surface area (TPSA) is 79.8 Å². The Bertz CT molecular complexity index is 765. The van der Waals surface area contributed by atoms with Gasteiger partial charge in [0.15, 0.2) is 5.16 Å². The molecule has 2 N–H and O–H groups in total. The summed E-state index contributed by atoms with van der Waals surface area (Å²) in [5.74, 6) is -1.52. The van der Waals surface area contributed by atoms with Crippen molar-refractivity contribution in [3.63, 3.8) is 0 Å². The highest BCUT2D eigenvalue weighted by Crippen LogP contribution is 2.30. The number of halogens is 2. The maximum atomic E-state index is 14.0. The zero-order valence-electron chi connectivity index (χ0n) is 11.2. The van der Waals surface area contributed by atoms with Crippen LogP contribution in [0.4, 0.5) is 8.78 Å². The Hall–Kier alpha value is -2.00. The molecule has 0 unspecified atom stereocenters. The van der Waals surface area contributed by atoms with Crippen LogP contribution >= 0.6 is 11.8 Å². The van der Waals surface area contributed by atoms with Crippen molar-refractivity contribution >= 4 is 11.8 Å². The molecule has 112 valence electrons. The van der Waals surface area contributed by atoms with E-state index >= 15 is 0 Å². The summed E-state index contributed by atoms with van der Waals surface area (Å²) in [6, 6.07) is 2.40. The van der Waals surface area contributed by atoms with Gasteiger partial charge in [-0.25, -0.2) is 8.78 Å². The molecule has 2 rings (SSSR count). The molecular weight excluding hydrogens is 302 g/mol. The summed E-state index contributed by atoms with van der Waals surface area (Å²) in [5.41, 5.74) is -1.45. The van der Waals surface area contributed by atoms with Gasteiger partial charge in [-0.1, -0.05) is 0 Å². The van der Waals surface area contributed by atoms with E-state index in [0.717, 1.165) is 4.68 Å². The Morgan fingerprint density at radius 2 is 1.95 bits per heavy atom. The van der Waals surface area contributed by atoms with E-state index < -0.39 is 22.8 Å². The van der Waals surface area contributed by atoms with E-state index in [9.17, 15) is 18.4 Å². The average Bonchev–Trinajstić information content (AvgIpc) is 2.40. The van der Waals surface area contributed by atoms with Gasteiger partial charge < -0.3 is 5.32 Å². The molecule has 0 radical (unpaired) electrons. The third-order valence-electron chi connectivity index (χ3n) is 2.58. The lowest BCUT2D eigenvalue weighted by molar-refractivity contribution is 0.533. The lowest BCUT2D eigenvalue weighted by Crippen LogP contribution is -2.33. The van der Waals surface area contributed by atoms with Gasteiger partial charge in [-0.2, -0.15) is 4.98 Å². The predicted octanol–water partition coefficient (Wildman–Crippen LogP) is 0.617. The zero-order chi connectivity index (χ0) is 15.6. The fraction of sp³-hybridized carbons (Fsp3) is 0.250. The van der Waals surface area contributed by atoms with E-state index in [0.29, 0.717) is 23.9 Å². The van der Waals surface area contributed by atoms with E-state index in [-0.39, 0.29) is 10.1 Å². The summed E-state index contributed by atoms with van der Waals surface area (Å²) in [6.07, 6.45) is 0. The van der Waals surface area contributed by atoms with Crippen molar-refractivity contribution < 1.29 is 8.78 Å². The van der Waals surface area contributed by atoms with Crippen LogP contribution in [0.2, 0.25) is 0 Å². The van der Waals surface area contributed by atoms with E-state index in [1.165, 1.54) is 19.2 Å². The van der Waals surface area contributed by atoms with E-state index in [1.807, 2.05) is 0 Å². The van der Waals surface area contributed by atoms with E-state index in [2.05, 4.69) is 15.4 Å². The zero-order valence-corrected chi connectivity index (χ0v) is 12.1. The molecule has 0 atom stereocenters. The molecule has 1 aromatic heterocycles. The Balaban J connectivity index is 2.43. The number of hydrogen-bond acceptors (Lipinski definition) is 5. The minimum atomic E-state index is -1.01. The standard InChI is InChI=1S/C12H12F2N4O2S/c1-15-5-6-3-7(13)9(8(14)4-6)21-12-16-10(19)11(20)17-18(12)2/h3-4,15H,5H2,1-2H3,(H,17,20). The first-order valence-corrected chi connectivity index (χ1v) is 6.71. The van der Waals surface area contributed by atoms with Crippen molar-refractivity contribution in [1.82, 2.24) is 20.1 Å². The highest BCUT2D eigenvalue weighted by atomic mass is 32.2. The van der Waals surface area contributed by atoms with Gasteiger partial charge in [0.1, 0.15) is 11.6 Å².